The van der Waals surface area contributed by atoms with Crippen molar-refractivity contribution >= 4 is 0 Å². The molecule has 1 heterocycles. The van der Waals surface area contributed by atoms with Gasteiger partial charge >= 0.3 is 0 Å². The molecule has 0 aromatic heterocycles. The number of likely N-dealkylation sites (N-methyl/N-ethyl adjacent to an activating group) is 1. The maximum Gasteiger partial charge on any atom is 0.0707 e. The molecule has 1 saturated heterocycles. The van der Waals surface area contributed by atoms with E-state index in [1.165, 1.54) is 19.3 Å². The molecule has 1 fully saturated rings. The summed E-state index contributed by atoms with van der Waals surface area (Å²) in [6, 6.07) is 0.612. The van der Waals surface area contributed by atoms with Gasteiger partial charge in [0, 0.05) is 19.1 Å². The SMILES string of the molecule is CCCNCC1CCC(CN(C)C(C)C)O1. The van der Waals surface area contributed by atoms with Gasteiger partial charge in [-0.3, -0.25) is 0 Å². The van der Waals surface area contributed by atoms with Crippen LogP contribution in [0.15, 0.2) is 0 Å². The molecule has 0 aliphatic carbocycles. The molecular weight excluding hydrogens is 200 g/mol. The second-order valence-electron chi connectivity index (χ2n) is 5.19. The molecule has 0 saturated carbocycles. The van der Waals surface area contributed by atoms with Crippen molar-refractivity contribution in [3.8, 4) is 0 Å². The highest BCUT2D eigenvalue weighted by Gasteiger charge is 2.26. The Kier molecular flexibility index (Phi) is 6.32. The van der Waals surface area contributed by atoms with Crippen molar-refractivity contribution in [2.24, 2.45) is 0 Å². The van der Waals surface area contributed by atoms with Crippen LogP contribution in [0.4, 0.5) is 0 Å². The monoisotopic (exact) mass is 228 g/mol. The van der Waals surface area contributed by atoms with E-state index >= 15 is 0 Å². The first kappa shape index (κ1) is 13.9. The van der Waals surface area contributed by atoms with Crippen LogP contribution in [0.3, 0.4) is 0 Å². The molecular formula is C13H28N2O. The van der Waals surface area contributed by atoms with Crippen molar-refractivity contribution in [2.45, 2.75) is 58.3 Å². The average molecular weight is 228 g/mol. The number of nitrogens with zero attached hydrogens (tertiary/aromatic N) is 1. The minimum absolute atomic E-state index is 0.442. The standard InChI is InChI=1S/C13H28N2O/c1-5-8-14-9-12-6-7-13(16-12)10-15(4)11(2)3/h11-14H,5-10H2,1-4H3. The Morgan fingerprint density at radius 2 is 2.00 bits per heavy atom. The maximum absolute atomic E-state index is 6.02. The van der Waals surface area contributed by atoms with E-state index in [-0.39, 0.29) is 0 Å². The lowest BCUT2D eigenvalue weighted by Crippen LogP contribution is -2.35. The van der Waals surface area contributed by atoms with E-state index in [9.17, 15) is 0 Å². The van der Waals surface area contributed by atoms with Crippen LogP contribution in [-0.4, -0.2) is 49.8 Å². The van der Waals surface area contributed by atoms with Gasteiger partial charge < -0.3 is 15.0 Å². The summed E-state index contributed by atoms with van der Waals surface area (Å²) in [6.45, 7) is 9.86. The van der Waals surface area contributed by atoms with E-state index in [1.54, 1.807) is 0 Å². The van der Waals surface area contributed by atoms with Crippen LogP contribution in [0.5, 0.6) is 0 Å². The van der Waals surface area contributed by atoms with E-state index in [1.807, 2.05) is 0 Å². The third kappa shape index (κ3) is 4.81. The van der Waals surface area contributed by atoms with E-state index in [2.05, 4.69) is 38.0 Å². The lowest BCUT2D eigenvalue weighted by Gasteiger charge is -2.24. The Hall–Kier alpha value is -0.120. The summed E-state index contributed by atoms with van der Waals surface area (Å²) in [5, 5.41) is 3.44. The Bertz CT molecular complexity index is 185. The van der Waals surface area contributed by atoms with Crippen molar-refractivity contribution in [3.63, 3.8) is 0 Å². The average Bonchev–Trinajstić information content (AvgIpc) is 2.66. The molecule has 3 nitrogen and oxygen atoms in total. The molecule has 0 aromatic rings. The molecule has 2 atom stereocenters. The van der Waals surface area contributed by atoms with Gasteiger partial charge in [0.25, 0.3) is 0 Å². The predicted molar refractivity (Wildman–Crippen MR) is 68.8 cm³/mol. The summed E-state index contributed by atoms with van der Waals surface area (Å²) < 4.78 is 6.02. The lowest BCUT2D eigenvalue weighted by atomic mass is 10.2. The summed E-state index contributed by atoms with van der Waals surface area (Å²) in [4.78, 5) is 2.37. The summed E-state index contributed by atoms with van der Waals surface area (Å²) in [5.74, 6) is 0. The van der Waals surface area contributed by atoms with Crippen LogP contribution in [0.25, 0.3) is 0 Å². The summed E-state index contributed by atoms with van der Waals surface area (Å²) in [7, 11) is 2.18. The van der Waals surface area contributed by atoms with Gasteiger partial charge in [0.2, 0.25) is 0 Å². The highest BCUT2D eigenvalue weighted by atomic mass is 16.5. The molecule has 1 N–H and O–H groups in total. The van der Waals surface area contributed by atoms with Crippen molar-refractivity contribution in [1.82, 2.24) is 10.2 Å². The quantitative estimate of drug-likeness (QED) is 0.673. The van der Waals surface area contributed by atoms with Gasteiger partial charge in [0.1, 0.15) is 0 Å². The first-order valence-corrected chi connectivity index (χ1v) is 6.69. The van der Waals surface area contributed by atoms with Gasteiger partial charge in [-0.25, -0.2) is 0 Å². The van der Waals surface area contributed by atoms with E-state index in [0.717, 1.165) is 19.6 Å². The molecule has 0 aromatic carbocycles. The summed E-state index contributed by atoms with van der Waals surface area (Å²) in [5.41, 5.74) is 0. The zero-order valence-electron chi connectivity index (χ0n) is 11.3. The van der Waals surface area contributed by atoms with Gasteiger partial charge in [-0.05, 0) is 46.7 Å². The third-order valence-electron chi connectivity index (χ3n) is 3.37. The summed E-state index contributed by atoms with van der Waals surface area (Å²) in [6.07, 6.45) is 4.52. The number of hydrogen-bond acceptors (Lipinski definition) is 3. The molecule has 3 heteroatoms. The molecule has 2 unspecified atom stereocenters. The zero-order chi connectivity index (χ0) is 12.0. The summed E-state index contributed by atoms with van der Waals surface area (Å²) >= 11 is 0. The molecule has 0 bridgehead atoms. The number of hydrogen-bond donors (Lipinski definition) is 1. The Morgan fingerprint density at radius 1 is 1.31 bits per heavy atom. The molecule has 0 radical (unpaired) electrons. The van der Waals surface area contributed by atoms with Gasteiger partial charge in [-0.1, -0.05) is 6.92 Å². The fourth-order valence-corrected chi connectivity index (χ4v) is 2.04. The van der Waals surface area contributed by atoms with E-state index in [0.29, 0.717) is 18.2 Å². The third-order valence-corrected chi connectivity index (χ3v) is 3.37. The van der Waals surface area contributed by atoms with Crippen LogP contribution >= 0.6 is 0 Å². The zero-order valence-corrected chi connectivity index (χ0v) is 11.3. The molecule has 0 amide bonds. The second-order valence-corrected chi connectivity index (χ2v) is 5.19. The molecule has 96 valence electrons. The highest BCUT2D eigenvalue weighted by Crippen LogP contribution is 2.20. The minimum atomic E-state index is 0.442. The van der Waals surface area contributed by atoms with Crippen molar-refractivity contribution < 1.29 is 4.74 Å². The predicted octanol–water partition coefficient (Wildman–Crippen LogP) is 1.87. The van der Waals surface area contributed by atoms with Crippen LogP contribution in [0, 0.1) is 0 Å². The van der Waals surface area contributed by atoms with Gasteiger partial charge in [0.05, 0.1) is 12.2 Å². The topological polar surface area (TPSA) is 24.5 Å². The fourth-order valence-electron chi connectivity index (χ4n) is 2.04. The van der Waals surface area contributed by atoms with E-state index < -0.39 is 0 Å². The molecule has 1 aliphatic heterocycles. The van der Waals surface area contributed by atoms with E-state index in [4.69, 9.17) is 4.74 Å². The van der Waals surface area contributed by atoms with Crippen LogP contribution in [0.1, 0.15) is 40.0 Å². The molecule has 0 spiro atoms. The number of nitrogens with one attached hydrogen (secondary N) is 1. The molecule has 1 aliphatic rings. The highest BCUT2D eigenvalue weighted by molar-refractivity contribution is 4.77. The Balaban J connectivity index is 2.14. The van der Waals surface area contributed by atoms with Gasteiger partial charge in [0.15, 0.2) is 0 Å². The van der Waals surface area contributed by atoms with Crippen molar-refractivity contribution in [3.05, 3.63) is 0 Å². The van der Waals surface area contributed by atoms with Crippen molar-refractivity contribution in [1.29, 1.82) is 0 Å². The first-order valence-electron chi connectivity index (χ1n) is 6.69. The Morgan fingerprint density at radius 3 is 2.62 bits per heavy atom. The lowest BCUT2D eigenvalue weighted by molar-refractivity contribution is 0.0232. The normalized spacial score (nSPS) is 25.9. The van der Waals surface area contributed by atoms with Crippen molar-refractivity contribution in [2.75, 3.05) is 26.7 Å². The van der Waals surface area contributed by atoms with Gasteiger partial charge in [-0.15, -0.1) is 0 Å². The molecule has 1 rings (SSSR count). The second kappa shape index (κ2) is 7.25. The maximum atomic E-state index is 6.02. The number of ether oxygens (including phenoxy) is 1. The largest absolute Gasteiger partial charge is 0.372 e. The van der Waals surface area contributed by atoms with Crippen LogP contribution in [-0.2, 0) is 4.74 Å². The number of rotatable bonds is 7. The van der Waals surface area contributed by atoms with Crippen LogP contribution < -0.4 is 5.32 Å². The molecule has 16 heavy (non-hydrogen) atoms. The minimum Gasteiger partial charge on any atom is -0.372 e. The van der Waals surface area contributed by atoms with Crippen LogP contribution in [0.2, 0.25) is 0 Å². The van der Waals surface area contributed by atoms with Gasteiger partial charge in [-0.2, -0.15) is 0 Å². The Labute approximate surface area is 101 Å². The first-order chi connectivity index (χ1) is 7.63. The fraction of sp³-hybridized carbons (Fsp3) is 1.00. The smallest absolute Gasteiger partial charge is 0.0707 e.